The van der Waals surface area contributed by atoms with Gasteiger partial charge in [0.1, 0.15) is 5.76 Å². The van der Waals surface area contributed by atoms with Crippen molar-refractivity contribution in [3.05, 3.63) is 54.0 Å². The third kappa shape index (κ3) is 6.10. The van der Waals surface area contributed by atoms with E-state index in [1.165, 1.54) is 6.07 Å². The lowest BCUT2D eigenvalue weighted by atomic mass is 10.1. The minimum atomic E-state index is -3.59. The highest BCUT2D eigenvalue weighted by molar-refractivity contribution is 7.89. The Morgan fingerprint density at radius 2 is 1.76 bits per heavy atom. The number of ether oxygens (including phenoxy) is 1. The lowest BCUT2D eigenvalue weighted by molar-refractivity contribution is 0.0117. The average molecular weight is 476 g/mol. The molecule has 2 saturated heterocycles. The molecule has 2 aromatic rings. The molecule has 3 heterocycles. The van der Waals surface area contributed by atoms with Crippen LogP contribution in [0.1, 0.15) is 47.8 Å². The van der Waals surface area contributed by atoms with Crippen molar-refractivity contribution in [1.82, 2.24) is 14.5 Å². The monoisotopic (exact) mass is 475 g/mol. The van der Waals surface area contributed by atoms with Gasteiger partial charge in [0.2, 0.25) is 10.0 Å². The van der Waals surface area contributed by atoms with Gasteiger partial charge < -0.3 is 14.5 Å². The summed E-state index contributed by atoms with van der Waals surface area (Å²) in [4.78, 5) is 15.3. The molecule has 1 atom stereocenters. The summed E-state index contributed by atoms with van der Waals surface area (Å²) in [5.41, 5.74) is 0.402. The van der Waals surface area contributed by atoms with E-state index in [-0.39, 0.29) is 23.3 Å². The molecule has 9 heteroatoms. The number of nitrogens with one attached hydrogen (secondary N) is 1. The first-order chi connectivity index (χ1) is 16.1. The highest BCUT2D eigenvalue weighted by atomic mass is 32.2. The topological polar surface area (TPSA) is 92.1 Å². The van der Waals surface area contributed by atoms with Crippen molar-refractivity contribution < 1.29 is 22.4 Å². The van der Waals surface area contributed by atoms with Crippen molar-refractivity contribution in [1.29, 1.82) is 0 Å². The maximum atomic E-state index is 13.1. The van der Waals surface area contributed by atoms with Gasteiger partial charge in [0.05, 0.1) is 37.0 Å². The van der Waals surface area contributed by atoms with Crippen LogP contribution in [-0.4, -0.2) is 75.9 Å². The number of carbonyl (C=O) groups excluding carboxylic acids is 1. The van der Waals surface area contributed by atoms with E-state index in [0.29, 0.717) is 38.4 Å². The molecule has 4 rings (SSSR count). The second-order valence-corrected chi connectivity index (χ2v) is 10.5. The maximum absolute atomic E-state index is 13.1. The van der Waals surface area contributed by atoms with Crippen LogP contribution in [0, 0.1) is 0 Å². The number of ketones is 1. The van der Waals surface area contributed by atoms with E-state index in [2.05, 4.69) is 10.2 Å². The van der Waals surface area contributed by atoms with Crippen LogP contribution in [0.15, 0.2) is 52.0 Å². The number of nitrogens with zero attached hydrogens (tertiary/aromatic N) is 2. The Balaban J connectivity index is 1.39. The molecule has 1 aromatic heterocycles. The molecule has 1 unspecified atom stereocenters. The Morgan fingerprint density at radius 3 is 2.45 bits per heavy atom. The van der Waals surface area contributed by atoms with Gasteiger partial charge in [-0.1, -0.05) is 25.0 Å². The lowest BCUT2D eigenvalue weighted by Crippen LogP contribution is -2.43. The molecule has 0 amide bonds. The van der Waals surface area contributed by atoms with E-state index in [0.717, 1.165) is 44.5 Å². The van der Waals surface area contributed by atoms with Gasteiger partial charge in [0.25, 0.3) is 0 Å². The quantitative estimate of drug-likeness (QED) is 0.558. The molecule has 180 valence electrons. The molecule has 0 radical (unpaired) electrons. The highest BCUT2D eigenvalue weighted by Gasteiger charge is 2.27. The minimum Gasteiger partial charge on any atom is -0.468 e. The van der Waals surface area contributed by atoms with Crippen LogP contribution in [0.5, 0.6) is 0 Å². The number of rotatable bonds is 9. The molecule has 8 nitrogen and oxygen atoms in total. The smallest absolute Gasteiger partial charge is 0.243 e. The van der Waals surface area contributed by atoms with Crippen LogP contribution >= 0.6 is 0 Å². The average Bonchev–Trinajstić information content (AvgIpc) is 3.23. The van der Waals surface area contributed by atoms with Crippen molar-refractivity contribution in [2.45, 2.75) is 36.6 Å². The molecule has 0 saturated carbocycles. The summed E-state index contributed by atoms with van der Waals surface area (Å²) < 4.78 is 38.8. The van der Waals surface area contributed by atoms with E-state index < -0.39 is 10.0 Å². The first-order valence-electron chi connectivity index (χ1n) is 11.7. The second-order valence-electron chi connectivity index (χ2n) is 8.58. The van der Waals surface area contributed by atoms with Crippen LogP contribution in [0.2, 0.25) is 0 Å². The van der Waals surface area contributed by atoms with E-state index >= 15 is 0 Å². The van der Waals surface area contributed by atoms with Crippen LogP contribution in [-0.2, 0) is 14.8 Å². The zero-order chi connectivity index (χ0) is 23.1. The van der Waals surface area contributed by atoms with Gasteiger partial charge >= 0.3 is 0 Å². The number of hydrogen-bond donors (Lipinski definition) is 1. The van der Waals surface area contributed by atoms with Crippen LogP contribution in [0.3, 0.4) is 0 Å². The van der Waals surface area contributed by atoms with Gasteiger partial charge in [-0.05, 0) is 37.1 Å². The first-order valence-corrected chi connectivity index (χ1v) is 13.2. The predicted molar refractivity (Wildman–Crippen MR) is 125 cm³/mol. The first kappa shape index (κ1) is 24.1. The van der Waals surface area contributed by atoms with Crippen LogP contribution in [0.4, 0.5) is 0 Å². The Bertz CT molecular complexity index is 995. The van der Waals surface area contributed by atoms with Gasteiger partial charge in [-0.3, -0.25) is 9.69 Å². The zero-order valence-corrected chi connectivity index (χ0v) is 19.8. The molecule has 0 aliphatic carbocycles. The van der Waals surface area contributed by atoms with Crippen molar-refractivity contribution in [3.8, 4) is 0 Å². The van der Waals surface area contributed by atoms with Crippen molar-refractivity contribution in [3.63, 3.8) is 0 Å². The summed E-state index contributed by atoms with van der Waals surface area (Å²) in [5, 5.41) is 3.25. The number of sulfonamides is 1. The second kappa shape index (κ2) is 11.4. The number of morpholine rings is 1. The summed E-state index contributed by atoms with van der Waals surface area (Å²) in [6, 6.07) is 10.2. The molecule has 33 heavy (non-hydrogen) atoms. The largest absolute Gasteiger partial charge is 0.468 e. The number of Topliss-reactive ketones (excluding diaryl/α,β-unsaturated/α-hetero) is 1. The molecule has 2 aliphatic rings. The summed E-state index contributed by atoms with van der Waals surface area (Å²) >= 11 is 0. The van der Waals surface area contributed by atoms with E-state index in [9.17, 15) is 13.2 Å². The highest BCUT2D eigenvalue weighted by Crippen LogP contribution is 2.23. The third-order valence-electron chi connectivity index (χ3n) is 6.34. The van der Waals surface area contributed by atoms with Crippen molar-refractivity contribution in [2.75, 3.05) is 52.5 Å². The summed E-state index contributed by atoms with van der Waals surface area (Å²) in [6.45, 7) is 4.70. The molecular weight excluding hydrogens is 442 g/mol. The zero-order valence-electron chi connectivity index (χ0n) is 18.9. The molecule has 1 aromatic carbocycles. The third-order valence-corrected chi connectivity index (χ3v) is 8.23. The lowest BCUT2D eigenvalue weighted by Gasteiger charge is -2.33. The fourth-order valence-corrected chi connectivity index (χ4v) is 6.03. The molecule has 0 bridgehead atoms. The van der Waals surface area contributed by atoms with Gasteiger partial charge in [-0.15, -0.1) is 0 Å². The number of furan rings is 1. The number of benzene rings is 1. The standard InChI is InChI=1S/C24H33N3O5S/c28-23(19-25-18-22(24-9-6-14-32-24)26-12-15-31-16-13-26)20-7-5-8-21(17-20)33(29,30)27-10-3-1-2-4-11-27/h5-9,14,17,22,25H,1-4,10-13,15-16,18-19H2. The summed E-state index contributed by atoms with van der Waals surface area (Å²) in [5.74, 6) is 0.713. The SMILES string of the molecule is O=C(CNCC(c1ccco1)N1CCOCC1)c1cccc(S(=O)(=O)N2CCCCCC2)c1. The number of hydrogen-bond acceptors (Lipinski definition) is 7. The maximum Gasteiger partial charge on any atom is 0.243 e. The molecular formula is C24H33N3O5S. The van der Waals surface area contributed by atoms with Gasteiger partial charge in [-0.25, -0.2) is 8.42 Å². The van der Waals surface area contributed by atoms with Crippen LogP contribution in [0.25, 0.3) is 0 Å². The predicted octanol–water partition coefficient (Wildman–Crippen LogP) is 2.69. The Morgan fingerprint density at radius 1 is 1.00 bits per heavy atom. The summed E-state index contributed by atoms with van der Waals surface area (Å²) in [6.07, 6.45) is 5.52. The van der Waals surface area contributed by atoms with Crippen molar-refractivity contribution in [2.24, 2.45) is 0 Å². The molecule has 1 N–H and O–H groups in total. The van der Waals surface area contributed by atoms with Gasteiger partial charge in [-0.2, -0.15) is 4.31 Å². The molecule has 2 fully saturated rings. The Kier molecular flexibility index (Phi) is 8.32. The minimum absolute atomic E-state index is 0.00597. The van der Waals surface area contributed by atoms with E-state index in [4.69, 9.17) is 9.15 Å². The van der Waals surface area contributed by atoms with Gasteiger partial charge in [0, 0.05) is 38.3 Å². The van der Waals surface area contributed by atoms with Crippen LogP contribution < -0.4 is 5.32 Å². The summed E-state index contributed by atoms with van der Waals surface area (Å²) in [7, 11) is -3.59. The number of carbonyl (C=O) groups is 1. The molecule has 0 spiro atoms. The Labute approximate surface area is 195 Å². The molecule has 2 aliphatic heterocycles. The normalized spacial score (nSPS) is 19.8. The fourth-order valence-electron chi connectivity index (χ4n) is 4.47. The van der Waals surface area contributed by atoms with E-state index in [1.54, 1.807) is 28.8 Å². The van der Waals surface area contributed by atoms with E-state index in [1.807, 2.05) is 12.1 Å². The van der Waals surface area contributed by atoms with Crippen molar-refractivity contribution >= 4 is 15.8 Å². The fraction of sp³-hybridized carbons (Fsp3) is 0.542. The van der Waals surface area contributed by atoms with Gasteiger partial charge in [0.15, 0.2) is 5.78 Å². The Hall–Kier alpha value is -2.04.